The number of aryl methyl sites for hydroxylation is 1. The quantitative estimate of drug-likeness (QED) is 0.499. The first kappa shape index (κ1) is 20.5. The van der Waals surface area contributed by atoms with Gasteiger partial charge in [0.15, 0.2) is 6.61 Å². The lowest BCUT2D eigenvalue weighted by atomic mass is 10.2. The number of ether oxygens (including phenoxy) is 1. The molecule has 0 aliphatic carbocycles. The smallest absolute Gasteiger partial charge is 0.306 e. The molecule has 29 heavy (non-hydrogen) atoms. The molecule has 0 unspecified atom stereocenters. The highest BCUT2D eigenvalue weighted by molar-refractivity contribution is 7.18. The summed E-state index contributed by atoms with van der Waals surface area (Å²) in [7, 11) is 0. The van der Waals surface area contributed by atoms with E-state index in [1.54, 1.807) is 23.5 Å². The number of hydrogen-bond acceptors (Lipinski definition) is 6. The van der Waals surface area contributed by atoms with Crippen molar-refractivity contribution in [2.45, 2.75) is 25.7 Å². The number of hydrogen-bond donors (Lipinski definition) is 0. The van der Waals surface area contributed by atoms with Gasteiger partial charge in [-0.3, -0.25) is 9.59 Å². The molecule has 0 fully saturated rings. The van der Waals surface area contributed by atoms with Crippen LogP contribution >= 0.6 is 11.3 Å². The van der Waals surface area contributed by atoms with Gasteiger partial charge in [-0.25, -0.2) is 4.98 Å². The van der Waals surface area contributed by atoms with Gasteiger partial charge in [-0.05, 0) is 37.1 Å². The minimum absolute atomic E-state index is 0.205. The summed E-state index contributed by atoms with van der Waals surface area (Å²) >= 11 is 1.63. The number of carbonyl (C=O) groups excluding carboxylic acids is 2. The lowest BCUT2D eigenvalue weighted by molar-refractivity contribution is -0.147. The molecular formula is C22H21N3O3S. The number of rotatable bonds is 9. The van der Waals surface area contributed by atoms with Gasteiger partial charge < -0.3 is 9.64 Å². The largest absolute Gasteiger partial charge is 0.456 e. The van der Waals surface area contributed by atoms with Crippen LogP contribution in [0.25, 0.3) is 10.2 Å². The zero-order chi connectivity index (χ0) is 20.5. The van der Waals surface area contributed by atoms with E-state index in [1.807, 2.05) is 48.5 Å². The lowest BCUT2D eigenvalue weighted by Crippen LogP contribution is -2.35. The fourth-order valence-electron chi connectivity index (χ4n) is 2.87. The molecule has 3 rings (SSSR count). The average Bonchev–Trinajstić information content (AvgIpc) is 3.16. The van der Waals surface area contributed by atoms with E-state index in [1.165, 1.54) is 4.90 Å². The Labute approximate surface area is 173 Å². The van der Waals surface area contributed by atoms with Crippen LogP contribution in [-0.4, -0.2) is 30.0 Å². The highest BCUT2D eigenvalue weighted by Gasteiger charge is 2.17. The van der Waals surface area contributed by atoms with Crippen LogP contribution in [0.4, 0.5) is 5.69 Å². The molecule has 0 atom stereocenters. The van der Waals surface area contributed by atoms with Gasteiger partial charge in [0.1, 0.15) is 0 Å². The molecule has 2 aromatic carbocycles. The Morgan fingerprint density at radius 1 is 1.10 bits per heavy atom. The Hall–Kier alpha value is -3.24. The molecule has 0 radical (unpaired) electrons. The van der Waals surface area contributed by atoms with Gasteiger partial charge in [0.05, 0.1) is 27.7 Å². The highest BCUT2D eigenvalue weighted by Crippen LogP contribution is 2.22. The summed E-state index contributed by atoms with van der Waals surface area (Å²) in [5.74, 6) is -0.751. The minimum atomic E-state index is -0.409. The third kappa shape index (κ3) is 5.87. The number of benzene rings is 2. The van der Waals surface area contributed by atoms with Crippen LogP contribution in [0.15, 0.2) is 54.6 Å². The van der Waals surface area contributed by atoms with Crippen LogP contribution in [0.3, 0.4) is 0 Å². The average molecular weight is 407 g/mol. The first-order chi connectivity index (χ1) is 14.2. The second-order valence-electron chi connectivity index (χ2n) is 6.38. The van der Waals surface area contributed by atoms with Crippen LogP contribution in [0.5, 0.6) is 0 Å². The van der Waals surface area contributed by atoms with Gasteiger partial charge in [-0.2, -0.15) is 5.26 Å². The number of nitrogens with zero attached hydrogens (tertiary/aromatic N) is 3. The van der Waals surface area contributed by atoms with Crippen LogP contribution in [-0.2, 0) is 20.7 Å². The summed E-state index contributed by atoms with van der Waals surface area (Å²) in [6, 6.07) is 19.0. The molecule has 0 saturated carbocycles. The lowest BCUT2D eigenvalue weighted by Gasteiger charge is -2.21. The van der Waals surface area contributed by atoms with Crippen LogP contribution in [0.1, 0.15) is 24.3 Å². The molecular weight excluding hydrogens is 386 g/mol. The number of anilines is 1. The minimum Gasteiger partial charge on any atom is -0.456 e. The molecule has 3 aromatic rings. The van der Waals surface area contributed by atoms with Gasteiger partial charge in [-0.1, -0.05) is 30.3 Å². The van der Waals surface area contributed by atoms with Crippen molar-refractivity contribution in [3.05, 3.63) is 59.6 Å². The number of amides is 1. The molecule has 0 aliphatic rings. The topological polar surface area (TPSA) is 83.3 Å². The van der Waals surface area contributed by atoms with Crippen LogP contribution in [0.2, 0.25) is 0 Å². The van der Waals surface area contributed by atoms with E-state index in [0.717, 1.165) is 15.2 Å². The Kier molecular flexibility index (Phi) is 7.31. The summed E-state index contributed by atoms with van der Waals surface area (Å²) in [5, 5.41) is 9.81. The number of fused-ring (bicyclic) bond motifs is 1. The predicted octanol–water partition coefficient (Wildman–Crippen LogP) is 4.11. The fourth-order valence-corrected chi connectivity index (χ4v) is 3.88. The Morgan fingerprint density at radius 3 is 2.62 bits per heavy atom. The van der Waals surface area contributed by atoms with Crippen molar-refractivity contribution in [2.75, 3.05) is 18.1 Å². The molecule has 1 heterocycles. The molecule has 148 valence electrons. The first-order valence-electron chi connectivity index (χ1n) is 9.40. The fraction of sp³-hybridized carbons (Fsp3) is 0.273. The molecule has 0 spiro atoms. The van der Waals surface area contributed by atoms with E-state index in [0.29, 0.717) is 18.5 Å². The number of aromatic nitrogens is 1. The van der Waals surface area contributed by atoms with Gasteiger partial charge >= 0.3 is 5.97 Å². The third-order valence-corrected chi connectivity index (χ3v) is 5.38. The zero-order valence-corrected chi connectivity index (χ0v) is 16.7. The summed E-state index contributed by atoms with van der Waals surface area (Å²) in [6.45, 7) is -0.0746. The summed E-state index contributed by atoms with van der Waals surface area (Å²) in [6.07, 6.45) is 1.74. The van der Waals surface area contributed by atoms with Crippen molar-refractivity contribution < 1.29 is 14.3 Å². The van der Waals surface area contributed by atoms with Crippen molar-refractivity contribution in [2.24, 2.45) is 0 Å². The molecule has 0 N–H and O–H groups in total. The molecule has 1 aromatic heterocycles. The van der Waals surface area contributed by atoms with Gasteiger partial charge in [-0.15, -0.1) is 11.3 Å². The van der Waals surface area contributed by atoms with Crippen molar-refractivity contribution in [3.63, 3.8) is 0 Å². The zero-order valence-electron chi connectivity index (χ0n) is 15.9. The standard InChI is InChI=1S/C22H21N3O3S/c23-14-7-15-25(17-8-2-1-3-9-17)21(26)16-28-22(27)13-6-12-20-24-18-10-4-5-11-19(18)29-20/h1-5,8-11H,6-7,12-13,15-16H2. The van der Waals surface area contributed by atoms with Crippen LogP contribution < -0.4 is 4.90 Å². The number of nitriles is 1. The van der Waals surface area contributed by atoms with Crippen molar-refractivity contribution >= 4 is 39.1 Å². The summed E-state index contributed by atoms with van der Waals surface area (Å²) < 4.78 is 6.29. The summed E-state index contributed by atoms with van der Waals surface area (Å²) in [5.41, 5.74) is 1.65. The molecule has 7 heteroatoms. The van der Waals surface area contributed by atoms with Crippen molar-refractivity contribution in [1.82, 2.24) is 4.98 Å². The number of para-hydroxylation sites is 2. The Morgan fingerprint density at radius 2 is 1.86 bits per heavy atom. The van der Waals surface area contributed by atoms with E-state index in [2.05, 4.69) is 4.98 Å². The second kappa shape index (κ2) is 10.3. The van der Waals surface area contributed by atoms with E-state index in [4.69, 9.17) is 10.00 Å². The SMILES string of the molecule is N#CCCN(C(=O)COC(=O)CCCc1nc2ccccc2s1)c1ccccc1. The maximum atomic E-state index is 12.5. The van der Waals surface area contributed by atoms with Crippen molar-refractivity contribution in [1.29, 1.82) is 5.26 Å². The van der Waals surface area contributed by atoms with Gasteiger partial charge in [0.25, 0.3) is 5.91 Å². The number of esters is 1. The molecule has 0 bridgehead atoms. The Bertz CT molecular complexity index is 978. The van der Waals surface area contributed by atoms with E-state index < -0.39 is 5.97 Å². The maximum absolute atomic E-state index is 12.5. The molecule has 0 saturated heterocycles. The maximum Gasteiger partial charge on any atom is 0.306 e. The van der Waals surface area contributed by atoms with E-state index in [9.17, 15) is 9.59 Å². The van der Waals surface area contributed by atoms with Gasteiger partial charge in [0.2, 0.25) is 0 Å². The summed E-state index contributed by atoms with van der Waals surface area (Å²) in [4.78, 5) is 30.5. The highest BCUT2D eigenvalue weighted by atomic mass is 32.1. The third-order valence-electron chi connectivity index (χ3n) is 4.28. The van der Waals surface area contributed by atoms with E-state index in [-0.39, 0.29) is 31.9 Å². The normalized spacial score (nSPS) is 10.4. The predicted molar refractivity (Wildman–Crippen MR) is 113 cm³/mol. The second-order valence-corrected chi connectivity index (χ2v) is 7.49. The molecule has 6 nitrogen and oxygen atoms in total. The van der Waals surface area contributed by atoms with Gasteiger partial charge in [0, 0.05) is 18.7 Å². The molecule has 0 aliphatic heterocycles. The van der Waals surface area contributed by atoms with Crippen LogP contribution in [0, 0.1) is 11.3 Å². The van der Waals surface area contributed by atoms with E-state index >= 15 is 0 Å². The monoisotopic (exact) mass is 407 g/mol. The number of thiazole rings is 1. The number of carbonyl (C=O) groups is 2. The van der Waals surface area contributed by atoms with Crippen molar-refractivity contribution in [3.8, 4) is 6.07 Å². The first-order valence-corrected chi connectivity index (χ1v) is 10.2. The Balaban J connectivity index is 1.46. The molecule has 1 amide bonds.